The zero-order chi connectivity index (χ0) is 20.4. The van der Waals surface area contributed by atoms with Gasteiger partial charge in [-0.15, -0.1) is 0 Å². The lowest BCUT2D eigenvalue weighted by atomic mass is 10.1. The van der Waals surface area contributed by atoms with E-state index in [4.69, 9.17) is 0 Å². The van der Waals surface area contributed by atoms with E-state index in [0.717, 1.165) is 0 Å². The van der Waals surface area contributed by atoms with Crippen LogP contribution in [-0.2, 0) is 6.04 Å². The van der Waals surface area contributed by atoms with Gasteiger partial charge in [0, 0.05) is 0 Å². The first kappa shape index (κ1) is 23.8. The molecule has 0 saturated heterocycles. The highest BCUT2D eigenvalue weighted by atomic mass is 28.5. The van der Waals surface area contributed by atoms with Gasteiger partial charge < -0.3 is 3.90 Å². The average Bonchev–Trinajstić information content (AvgIpc) is 2.42. The largest absolute Gasteiger partial charge is 0.369 e. The van der Waals surface area contributed by atoms with E-state index in [0.29, 0.717) is 0 Å². The van der Waals surface area contributed by atoms with Crippen molar-refractivity contribution in [2.24, 2.45) is 0 Å². The summed E-state index contributed by atoms with van der Waals surface area (Å²) in [4.78, 5) is 0. The van der Waals surface area contributed by atoms with E-state index in [1.54, 1.807) is 0 Å². The molecule has 0 radical (unpaired) electrons. The maximum Gasteiger partial charge on any atom is 0.108 e. The molecule has 0 fully saturated rings. The number of nitrogens with zero attached hydrogens (tertiary/aromatic N) is 1. The fourth-order valence-corrected chi connectivity index (χ4v) is 35.2. The van der Waals surface area contributed by atoms with Crippen LogP contribution in [0.5, 0.6) is 0 Å². The molecule has 0 aromatic heterocycles. The van der Waals surface area contributed by atoms with E-state index in [-0.39, 0.29) is 0 Å². The van der Waals surface area contributed by atoms with E-state index in [9.17, 15) is 0 Å². The molecule has 0 bridgehead atoms. The molecule has 0 unspecified atom stereocenters. The van der Waals surface area contributed by atoms with Gasteiger partial charge in [-0.3, -0.25) is 0 Å². The second-order valence-electron chi connectivity index (χ2n) is 11.2. The Morgan fingerprint density at radius 1 is 0.808 bits per heavy atom. The van der Waals surface area contributed by atoms with Crippen LogP contribution in [0.25, 0.3) is 6.08 Å². The topological polar surface area (TPSA) is 3.24 Å². The van der Waals surface area contributed by atoms with Crippen LogP contribution in [0, 0.1) is 0 Å². The summed E-state index contributed by atoms with van der Waals surface area (Å²) in [5.74, 6) is 0. The second-order valence-corrected chi connectivity index (χ2v) is 31.9. The lowest BCUT2D eigenvalue weighted by Crippen LogP contribution is -2.69. The molecule has 26 heavy (non-hydrogen) atoms. The van der Waals surface area contributed by atoms with Crippen LogP contribution in [0.2, 0.25) is 77.6 Å². The Morgan fingerprint density at radius 3 is 1.77 bits per heavy atom. The third-order valence-corrected chi connectivity index (χ3v) is 25.8. The van der Waals surface area contributed by atoms with E-state index < -0.39 is 32.8 Å². The van der Waals surface area contributed by atoms with Crippen LogP contribution in [0.3, 0.4) is 0 Å². The Morgan fingerprint density at radius 2 is 1.31 bits per heavy atom. The molecule has 5 heteroatoms. The van der Waals surface area contributed by atoms with Crippen LogP contribution < -0.4 is 0 Å². The molecule has 1 nitrogen and oxygen atoms in total. The Kier molecular flexibility index (Phi) is 7.73. The number of benzene rings is 1. The molecule has 1 aromatic carbocycles. The SMILES string of the molecule is C=Cc1ccccc1C[Si](C)(C)CC[Si](C)(C)N([Si](C)(C)C)[Si](C)(C)C. The maximum atomic E-state index is 4.01. The van der Waals surface area contributed by atoms with Crippen molar-refractivity contribution in [3.8, 4) is 0 Å². The lowest BCUT2D eigenvalue weighted by Gasteiger charge is -2.53. The van der Waals surface area contributed by atoms with Gasteiger partial charge in [-0.1, -0.05) is 108 Å². The Hall–Kier alpha value is -0.212. The monoisotopic (exact) mass is 421 g/mol. The van der Waals surface area contributed by atoms with E-state index >= 15 is 0 Å². The third-order valence-electron chi connectivity index (χ3n) is 5.30. The summed E-state index contributed by atoms with van der Waals surface area (Å²) < 4.78 is 3.13. The normalized spacial score (nSPS) is 14.0. The Bertz CT molecular complexity index is 595. The molecular formula is C21H43NSi4. The quantitative estimate of drug-likeness (QED) is 0.378. The summed E-state index contributed by atoms with van der Waals surface area (Å²) in [6.07, 6.45) is 2.02. The Balaban J connectivity index is 2.95. The number of hydrogen-bond donors (Lipinski definition) is 0. The van der Waals surface area contributed by atoms with Gasteiger partial charge in [-0.05, 0) is 23.2 Å². The van der Waals surface area contributed by atoms with Crippen LogP contribution in [0.4, 0.5) is 0 Å². The highest BCUT2D eigenvalue weighted by Gasteiger charge is 2.44. The zero-order valence-electron chi connectivity index (χ0n) is 19.2. The molecule has 0 N–H and O–H groups in total. The molecule has 1 rings (SSSR count). The smallest absolute Gasteiger partial charge is 0.108 e. The fourth-order valence-electron chi connectivity index (χ4n) is 5.08. The lowest BCUT2D eigenvalue weighted by molar-refractivity contribution is 0.877. The van der Waals surface area contributed by atoms with Gasteiger partial charge in [0.15, 0.2) is 0 Å². The molecule has 0 aliphatic carbocycles. The molecule has 0 amide bonds. The molecule has 0 atom stereocenters. The highest BCUT2D eigenvalue weighted by Crippen LogP contribution is 2.33. The summed E-state index contributed by atoms with van der Waals surface area (Å²) in [5, 5.41) is 0. The minimum atomic E-state index is -1.38. The minimum Gasteiger partial charge on any atom is -0.369 e. The number of rotatable bonds is 9. The van der Waals surface area contributed by atoms with Crippen molar-refractivity contribution < 1.29 is 0 Å². The van der Waals surface area contributed by atoms with Gasteiger partial charge in [0.2, 0.25) is 0 Å². The minimum absolute atomic E-state index is 1.27. The van der Waals surface area contributed by atoms with Gasteiger partial charge in [0.25, 0.3) is 0 Å². The zero-order valence-corrected chi connectivity index (χ0v) is 23.2. The van der Waals surface area contributed by atoms with Crippen molar-refractivity contribution in [1.82, 2.24) is 3.90 Å². The number of hydrogen-bond acceptors (Lipinski definition) is 1. The van der Waals surface area contributed by atoms with Gasteiger partial charge in [-0.2, -0.15) is 0 Å². The summed E-state index contributed by atoms with van der Waals surface area (Å²) >= 11 is 0. The molecule has 1 aromatic rings. The van der Waals surface area contributed by atoms with Gasteiger partial charge in [0.05, 0.1) is 8.07 Å². The molecule has 148 valence electrons. The first-order valence-corrected chi connectivity index (χ1v) is 23.6. The van der Waals surface area contributed by atoms with Gasteiger partial charge >= 0.3 is 0 Å². The van der Waals surface area contributed by atoms with Crippen molar-refractivity contribution >= 4 is 38.9 Å². The van der Waals surface area contributed by atoms with Crippen LogP contribution >= 0.6 is 0 Å². The maximum absolute atomic E-state index is 4.01. The summed E-state index contributed by atoms with van der Waals surface area (Å²) in [6.45, 7) is 29.8. The highest BCUT2D eigenvalue weighted by molar-refractivity contribution is 7.04. The van der Waals surface area contributed by atoms with Gasteiger partial charge in [0.1, 0.15) is 24.7 Å². The van der Waals surface area contributed by atoms with E-state index in [1.165, 1.54) is 29.3 Å². The fraction of sp³-hybridized carbons (Fsp3) is 0.619. The summed E-state index contributed by atoms with van der Waals surface area (Å²) in [7, 11) is -5.22. The van der Waals surface area contributed by atoms with Gasteiger partial charge in [-0.25, -0.2) is 0 Å². The third kappa shape index (κ3) is 6.75. The second kappa shape index (κ2) is 8.43. The van der Waals surface area contributed by atoms with Crippen molar-refractivity contribution in [2.45, 2.75) is 83.6 Å². The first-order chi connectivity index (χ1) is 11.6. The molecule has 0 heterocycles. The van der Waals surface area contributed by atoms with Crippen LogP contribution in [-0.4, -0.2) is 36.7 Å². The summed E-state index contributed by atoms with van der Waals surface area (Å²) in [6, 6.07) is 13.0. The summed E-state index contributed by atoms with van der Waals surface area (Å²) in [5.41, 5.74) is 2.83. The molecular weight excluding hydrogens is 379 g/mol. The molecule has 0 spiro atoms. The van der Waals surface area contributed by atoms with Crippen molar-refractivity contribution in [3.63, 3.8) is 0 Å². The standard InChI is InChI=1S/C21H43NSi4/c1-12-20-15-13-14-16-21(20)19-25(8,9)17-18-26(10,11)22(23(2,3)4)24(5,6)7/h12-16H,1,17-19H2,2-11H3. The van der Waals surface area contributed by atoms with Crippen molar-refractivity contribution in [3.05, 3.63) is 42.0 Å². The van der Waals surface area contributed by atoms with Crippen LogP contribution in [0.1, 0.15) is 11.1 Å². The van der Waals surface area contributed by atoms with Crippen molar-refractivity contribution in [2.75, 3.05) is 0 Å². The van der Waals surface area contributed by atoms with E-state index in [2.05, 4.69) is 100 Å². The first-order valence-electron chi connectivity index (χ1n) is 10.1. The predicted octanol–water partition coefficient (Wildman–Crippen LogP) is 7.30. The Labute approximate surface area is 168 Å². The molecule has 0 aliphatic heterocycles. The molecule has 0 saturated carbocycles. The predicted molar refractivity (Wildman–Crippen MR) is 133 cm³/mol. The van der Waals surface area contributed by atoms with Crippen molar-refractivity contribution in [1.29, 1.82) is 0 Å². The average molecular weight is 422 g/mol. The van der Waals surface area contributed by atoms with Crippen LogP contribution in [0.15, 0.2) is 30.8 Å². The van der Waals surface area contributed by atoms with E-state index in [1.807, 2.05) is 6.08 Å². The molecule has 0 aliphatic rings.